The topological polar surface area (TPSA) is 73.5 Å². The van der Waals surface area contributed by atoms with Crippen LogP contribution in [0.2, 0.25) is 0 Å². The summed E-state index contributed by atoms with van der Waals surface area (Å²) in [7, 11) is 0. The molecule has 4 aromatic heterocycles. The van der Waals surface area contributed by atoms with Crippen molar-refractivity contribution < 1.29 is 17.9 Å². The first kappa shape index (κ1) is 20.3. The molecule has 0 saturated carbocycles. The second-order valence-electron chi connectivity index (χ2n) is 7.45. The number of fused-ring (bicyclic) bond motifs is 3. The van der Waals surface area contributed by atoms with Crippen LogP contribution in [-0.2, 0) is 25.7 Å². The smallest absolute Gasteiger partial charge is 0.433 e. The van der Waals surface area contributed by atoms with Crippen molar-refractivity contribution in [1.82, 2.24) is 24.3 Å². The number of pyridine rings is 3. The number of rotatable bonds is 4. The first-order valence-corrected chi connectivity index (χ1v) is 9.97. The largest absolute Gasteiger partial charge is 0.489 e. The van der Waals surface area contributed by atoms with Crippen LogP contribution in [0.3, 0.4) is 0 Å². The van der Waals surface area contributed by atoms with E-state index in [1.807, 2.05) is 22.7 Å². The molecule has 1 aliphatic heterocycles. The van der Waals surface area contributed by atoms with Gasteiger partial charge in [-0.25, -0.2) is 4.98 Å². The highest BCUT2D eigenvalue weighted by Crippen LogP contribution is 2.27. The minimum Gasteiger partial charge on any atom is -0.489 e. The van der Waals surface area contributed by atoms with E-state index in [1.54, 1.807) is 12.3 Å². The van der Waals surface area contributed by atoms with E-state index in [9.17, 15) is 18.0 Å². The van der Waals surface area contributed by atoms with Gasteiger partial charge < -0.3 is 14.5 Å². The zero-order valence-corrected chi connectivity index (χ0v) is 16.8. The van der Waals surface area contributed by atoms with Gasteiger partial charge in [0.15, 0.2) is 0 Å². The van der Waals surface area contributed by atoms with Crippen LogP contribution in [0.5, 0.6) is 5.75 Å². The molecule has 0 bridgehead atoms. The Balaban J connectivity index is 1.33. The second-order valence-corrected chi connectivity index (χ2v) is 7.45. The Bertz CT molecular complexity index is 1340. The van der Waals surface area contributed by atoms with Crippen molar-refractivity contribution in [2.45, 2.75) is 25.7 Å². The van der Waals surface area contributed by atoms with Crippen LogP contribution < -0.4 is 15.6 Å². The number of hydrogen-bond donors (Lipinski definition) is 1. The molecule has 0 saturated heterocycles. The fourth-order valence-electron chi connectivity index (χ4n) is 3.71. The van der Waals surface area contributed by atoms with Crippen LogP contribution in [0.4, 0.5) is 13.2 Å². The number of halogens is 3. The number of hydrogen-bond acceptors (Lipinski definition) is 5. The summed E-state index contributed by atoms with van der Waals surface area (Å²) >= 11 is 0. The molecule has 0 atom stereocenters. The molecule has 0 fully saturated rings. The molecule has 7 nitrogen and oxygen atoms in total. The van der Waals surface area contributed by atoms with Crippen LogP contribution in [0.1, 0.15) is 22.6 Å². The Hall–Kier alpha value is -3.66. The van der Waals surface area contributed by atoms with E-state index >= 15 is 0 Å². The maximum atomic E-state index is 12.6. The summed E-state index contributed by atoms with van der Waals surface area (Å²) in [6, 6.07) is 8.87. The van der Waals surface area contributed by atoms with Crippen LogP contribution in [0.25, 0.3) is 11.3 Å². The Morgan fingerprint density at radius 2 is 2.00 bits per heavy atom. The zero-order valence-electron chi connectivity index (χ0n) is 16.8. The summed E-state index contributed by atoms with van der Waals surface area (Å²) in [6.45, 7) is 1.63. The Morgan fingerprint density at radius 1 is 1.12 bits per heavy atom. The molecular weight excluding hydrogens is 423 g/mol. The molecule has 0 aromatic carbocycles. The molecule has 0 aliphatic carbocycles. The predicted octanol–water partition coefficient (Wildman–Crippen LogP) is 3.12. The number of imidazole rings is 1. The predicted molar refractivity (Wildman–Crippen MR) is 110 cm³/mol. The van der Waals surface area contributed by atoms with Crippen molar-refractivity contribution in [2.24, 2.45) is 0 Å². The summed E-state index contributed by atoms with van der Waals surface area (Å²) in [5.74, 6) is 0.314. The Morgan fingerprint density at radius 3 is 2.75 bits per heavy atom. The molecular formula is C22H18F3N5O2. The van der Waals surface area contributed by atoms with Crippen LogP contribution in [0, 0.1) is 0 Å². The third-order valence-electron chi connectivity index (χ3n) is 5.31. The fourth-order valence-corrected chi connectivity index (χ4v) is 3.71. The highest BCUT2D eigenvalue weighted by molar-refractivity contribution is 5.51. The molecule has 1 aliphatic rings. The molecule has 32 heavy (non-hydrogen) atoms. The highest BCUT2D eigenvalue weighted by Gasteiger charge is 2.32. The van der Waals surface area contributed by atoms with Gasteiger partial charge in [0.05, 0.1) is 11.4 Å². The lowest BCUT2D eigenvalue weighted by Gasteiger charge is -2.12. The lowest BCUT2D eigenvalue weighted by Crippen LogP contribution is -2.24. The number of ether oxygens (including phenoxy) is 1. The quantitative estimate of drug-likeness (QED) is 0.527. The van der Waals surface area contributed by atoms with E-state index < -0.39 is 11.9 Å². The van der Waals surface area contributed by atoms with Crippen LogP contribution in [0.15, 0.2) is 59.8 Å². The molecule has 0 spiro atoms. The van der Waals surface area contributed by atoms with Crippen molar-refractivity contribution in [3.63, 3.8) is 0 Å². The van der Waals surface area contributed by atoms with Crippen molar-refractivity contribution in [2.75, 3.05) is 6.54 Å². The van der Waals surface area contributed by atoms with E-state index in [0.29, 0.717) is 17.0 Å². The fraction of sp³-hybridized carbons (Fsp3) is 0.227. The number of alkyl halides is 3. The lowest BCUT2D eigenvalue weighted by molar-refractivity contribution is -0.141. The standard InChI is InChI=1S/C22H18F3N5O2/c23-22(24,25)19-2-1-14(11-27-19)13-32-16-5-8-29(21(31)10-16)15-4-7-30-18-3-6-26-12-17(18)28-20(30)9-15/h1-2,4-5,7-11,26H,3,6,12-13H2. The summed E-state index contributed by atoms with van der Waals surface area (Å²) in [6.07, 6.45) is 1.03. The lowest BCUT2D eigenvalue weighted by atomic mass is 10.2. The molecule has 0 amide bonds. The van der Waals surface area contributed by atoms with Gasteiger partial charge in [0.2, 0.25) is 0 Å². The van der Waals surface area contributed by atoms with Gasteiger partial charge in [-0.05, 0) is 18.2 Å². The van der Waals surface area contributed by atoms with Gasteiger partial charge in [0, 0.05) is 61.5 Å². The van der Waals surface area contributed by atoms with Gasteiger partial charge in [0.25, 0.3) is 5.56 Å². The van der Waals surface area contributed by atoms with Crippen molar-refractivity contribution in [3.8, 4) is 11.4 Å². The first-order chi connectivity index (χ1) is 15.4. The normalized spacial score (nSPS) is 13.8. The third-order valence-corrected chi connectivity index (χ3v) is 5.31. The summed E-state index contributed by atoms with van der Waals surface area (Å²) in [5, 5.41) is 3.30. The second kappa shape index (κ2) is 7.79. The van der Waals surface area contributed by atoms with Gasteiger partial charge in [0.1, 0.15) is 23.7 Å². The van der Waals surface area contributed by atoms with E-state index in [2.05, 4.69) is 15.3 Å². The van der Waals surface area contributed by atoms with Gasteiger partial charge in [-0.15, -0.1) is 0 Å². The molecule has 4 aromatic rings. The Labute approximate surface area is 180 Å². The van der Waals surface area contributed by atoms with Gasteiger partial charge in [-0.2, -0.15) is 13.2 Å². The number of aromatic nitrogens is 4. The molecule has 1 N–H and O–H groups in total. The van der Waals surface area contributed by atoms with Crippen LogP contribution in [-0.4, -0.2) is 25.5 Å². The summed E-state index contributed by atoms with van der Waals surface area (Å²) < 4.78 is 46.9. The van der Waals surface area contributed by atoms with E-state index in [-0.39, 0.29) is 12.2 Å². The summed E-state index contributed by atoms with van der Waals surface area (Å²) in [4.78, 5) is 20.7. The maximum absolute atomic E-state index is 12.6. The van der Waals surface area contributed by atoms with Crippen molar-refractivity contribution in [1.29, 1.82) is 0 Å². The van der Waals surface area contributed by atoms with E-state index in [0.717, 1.165) is 43.1 Å². The first-order valence-electron chi connectivity index (χ1n) is 9.97. The monoisotopic (exact) mass is 441 g/mol. The minimum absolute atomic E-state index is 0.00574. The molecule has 10 heteroatoms. The molecule has 164 valence electrons. The Kier molecular flexibility index (Phi) is 4.93. The minimum atomic E-state index is -4.49. The van der Waals surface area contributed by atoms with E-state index in [1.165, 1.54) is 22.4 Å². The third kappa shape index (κ3) is 3.84. The molecule has 5 rings (SSSR count). The van der Waals surface area contributed by atoms with Gasteiger partial charge >= 0.3 is 6.18 Å². The van der Waals surface area contributed by atoms with Crippen LogP contribution >= 0.6 is 0 Å². The van der Waals surface area contributed by atoms with E-state index in [4.69, 9.17) is 4.74 Å². The van der Waals surface area contributed by atoms with Gasteiger partial charge in [-0.3, -0.25) is 14.3 Å². The SMILES string of the molecule is O=c1cc(OCc2ccc(C(F)(F)F)nc2)ccn1-c1ccn2c3c(nc2c1)CNCC3. The molecule has 5 heterocycles. The van der Waals surface area contributed by atoms with Gasteiger partial charge in [-0.1, -0.05) is 6.07 Å². The molecule has 0 radical (unpaired) electrons. The van der Waals surface area contributed by atoms with Crippen molar-refractivity contribution >= 4 is 5.65 Å². The number of nitrogens with zero attached hydrogens (tertiary/aromatic N) is 4. The maximum Gasteiger partial charge on any atom is 0.433 e. The zero-order chi connectivity index (χ0) is 22.3. The molecule has 0 unspecified atom stereocenters. The number of nitrogens with one attached hydrogen (secondary N) is 1. The summed E-state index contributed by atoms with van der Waals surface area (Å²) in [5.41, 5.74) is 2.85. The average molecular weight is 441 g/mol. The van der Waals surface area contributed by atoms with Crippen molar-refractivity contribution in [3.05, 3.63) is 88.0 Å². The average Bonchev–Trinajstić information content (AvgIpc) is 3.15. The highest BCUT2D eigenvalue weighted by atomic mass is 19.4.